The van der Waals surface area contributed by atoms with E-state index in [4.69, 9.17) is 23.2 Å². The van der Waals surface area contributed by atoms with Gasteiger partial charge in [-0.05, 0) is 43.9 Å². The van der Waals surface area contributed by atoms with Crippen molar-refractivity contribution >= 4 is 46.5 Å². The Kier molecular flexibility index (Phi) is 6.39. The Morgan fingerprint density at radius 2 is 1.73 bits per heavy atom. The van der Waals surface area contributed by atoms with Crippen LogP contribution in [-0.4, -0.2) is 52.4 Å². The van der Waals surface area contributed by atoms with Crippen molar-refractivity contribution in [3.8, 4) is 0 Å². The van der Waals surface area contributed by atoms with Crippen molar-refractivity contribution in [2.75, 3.05) is 29.9 Å². The van der Waals surface area contributed by atoms with Crippen LogP contribution in [0, 0.1) is 5.92 Å². The van der Waals surface area contributed by atoms with Gasteiger partial charge in [-0.15, -0.1) is 0 Å². The molecule has 4 rings (SSSR count). The van der Waals surface area contributed by atoms with Crippen LogP contribution in [0.4, 0.5) is 11.5 Å². The first-order chi connectivity index (χ1) is 14.5. The second-order valence-electron chi connectivity index (χ2n) is 7.66. The molecule has 1 N–H and O–H groups in total. The molecule has 1 aromatic carbocycles. The first kappa shape index (κ1) is 20.9. The molecule has 0 saturated carbocycles. The van der Waals surface area contributed by atoms with E-state index in [9.17, 15) is 9.59 Å². The van der Waals surface area contributed by atoms with Gasteiger partial charge in [-0.2, -0.15) is 0 Å². The highest BCUT2D eigenvalue weighted by molar-refractivity contribution is 6.35. The van der Waals surface area contributed by atoms with E-state index < -0.39 is 6.04 Å². The maximum absolute atomic E-state index is 13.2. The van der Waals surface area contributed by atoms with Crippen molar-refractivity contribution in [3.05, 3.63) is 46.8 Å². The van der Waals surface area contributed by atoms with Crippen LogP contribution < -0.4 is 10.2 Å². The smallest absolute Gasteiger partial charge is 0.247 e. The number of benzene rings is 1. The molecular weight excluding hydrogens is 425 g/mol. The van der Waals surface area contributed by atoms with Gasteiger partial charge in [0.25, 0.3) is 0 Å². The van der Waals surface area contributed by atoms with Crippen molar-refractivity contribution in [1.29, 1.82) is 0 Å². The zero-order valence-corrected chi connectivity index (χ0v) is 17.9. The molecule has 2 aliphatic rings. The number of hydrogen-bond donors (Lipinski definition) is 1. The van der Waals surface area contributed by atoms with Crippen LogP contribution >= 0.6 is 23.2 Å². The van der Waals surface area contributed by atoms with Crippen molar-refractivity contribution < 1.29 is 9.59 Å². The molecule has 0 radical (unpaired) electrons. The molecule has 1 unspecified atom stereocenters. The molecule has 0 aliphatic carbocycles. The number of nitrogens with zero attached hydrogens (tertiary/aromatic N) is 4. The van der Waals surface area contributed by atoms with Crippen LogP contribution in [0.15, 0.2) is 36.8 Å². The van der Waals surface area contributed by atoms with Gasteiger partial charge >= 0.3 is 0 Å². The van der Waals surface area contributed by atoms with E-state index in [0.29, 0.717) is 28.7 Å². The average Bonchev–Trinajstić information content (AvgIpc) is 3.23. The fraction of sp³-hybridized carbons (Fsp3) is 0.429. The second-order valence-corrected chi connectivity index (χ2v) is 8.53. The Bertz CT molecular complexity index is 899. The summed E-state index contributed by atoms with van der Waals surface area (Å²) in [6.07, 6.45) is 8.02. The van der Waals surface area contributed by atoms with Gasteiger partial charge in [0.1, 0.15) is 11.9 Å². The molecule has 1 atom stereocenters. The van der Waals surface area contributed by atoms with Gasteiger partial charge in [0.15, 0.2) is 0 Å². The quantitative estimate of drug-likeness (QED) is 0.773. The average molecular weight is 448 g/mol. The largest absolute Gasteiger partial charge is 0.355 e. The molecule has 9 heteroatoms. The molecule has 0 spiro atoms. The van der Waals surface area contributed by atoms with Crippen molar-refractivity contribution in [3.63, 3.8) is 0 Å². The number of likely N-dealkylation sites (tertiary alicyclic amines) is 1. The second kappa shape index (κ2) is 9.18. The van der Waals surface area contributed by atoms with Gasteiger partial charge in [-0.1, -0.05) is 23.2 Å². The summed E-state index contributed by atoms with van der Waals surface area (Å²) in [6, 6.07) is 4.44. The molecule has 1 aromatic heterocycles. The number of hydrogen-bond acceptors (Lipinski definition) is 5. The molecule has 2 fully saturated rings. The predicted molar refractivity (Wildman–Crippen MR) is 117 cm³/mol. The van der Waals surface area contributed by atoms with E-state index in [0.717, 1.165) is 38.2 Å². The van der Waals surface area contributed by atoms with Gasteiger partial charge in [0.05, 0.1) is 6.20 Å². The third kappa shape index (κ3) is 4.68. The van der Waals surface area contributed by atoms with Crippen molar-refractivity contribution in [1.82, 2.24) is 14.9 Å². The van der Waals surface area contributed by atoms with Gasteiger partial charge in [-0.3, -0.25) is 14.6 Å². The molecule has 0 bridgehead atoms. The monoisotopic (exact) mass is 447 g/mol. The number of aromatic nitrogens is 2. The highest BCUT2D eigenvalue weighted by atomic mass is 35.5. The first-order valence-electron chi connectivity index (χ1n) is 10.1. The van der Waals surface area contributed by atoms with Gasteiger partial charge < -0.3 is 15.1 Å². The van der Waals surface area contributed by atoms with E-state index in [2.05, 4.69) is 20.2 Å². The van der Waals surface area contributed by atoms with Gasteiger partial charge in [-0.25, -0.2) is 4.98 Å². The van der Waals surface area contributed by atoms with Crippen LogP contribution in [0.3, 0.4) is 0 Å². The summed E-state index contributed by atoms with van der Waals surface area (Å²) >= 11 is 12.0. The summed E-state index contributed by atoms with van der Waals surface area (Å²) in [5.74, 6) is 0.626. The lowest BCUT2D eigenvalue weighted by Crippen LogP contribution is -2.48. The van der Waals surface area contributed by atoms with Crippen LogP contribution in [0.1, 0.15) is 25.7 Å². The number of amides is 2. The minimum atomic E-state index is -0.465. The minimum absolute atomic E-state index is 0.0653. The van der Waals surface area contributed by atoms with Crippen LogP contribution in [0.25, 0.3) is 0 Å². The standard InChI is InChI=1S/C21H23Cl2N5O2/c22-15-10-16(23)12-17(11-15)26-20(29)18-2-1-7-28(18)21(30)14-3-8-27(9-4-14)19-13-24-5-6-25-19/h5-6,10-14,18H,1-4,7-9H2,(H,26,29). The maximum Gasteiger partial charge on any atom is 0.247 e. The number of nitrogens with one attached hydrogen (secondary N) is 1. The predicted octanol–water partition coefficient (Wildman–Crippen LogP) is 3.63. The molecule has 7 nitrogen and oxygen atoms in total. The zero-order valence-electron chi connectivity index (χ0n) is 16.4. The summed E-state index contributed by atoms with van der Waals surface area (Å²) < 4.78 is 0. The highest BCUT2D eigenvalue weighted by Crippen LogP contribution is 2.28. The van der Waals surface area contributed by atoms with Crippen molar-refractivity contribution in [2.45, 2.75) is 31.7 Å². The summed E-state index contributed by atoms with van der Waals surface area (Å²) in [4.78, 5) is 38.4. The van der Waals surface area contributed by atoms with E-state index in [1.807, 2.05) is 0 Å². The summed E-state index contributed by atoms with van der Waals surface area (Å²) in [5.41, 5.74) is 0.536. The molecule has 30 heavy (non-hydrogen) atoms. The molecule has 2 aromatic rings. The Morgan fingerprint density at radius 1 is 1.00 bits per heavy atom. The maximum atomic E-state index is 13.2. The van der Waals surface area contributed by atoms with E-state index in [1.165, 1.54) is 0 Å². The number of anilines is 2. The Balaban J connectivity index is 1.37. The molecule has 2 amide bonds. The fourth-order valence-electron chi connectivity index (χ4n) is 4.20. The van der Waals surface area contributed by atoms with Crippen LogP contribution in [0.5, 0.6) is 0 Å². The van der Waals surface area contributed by atoms with E-state index in [1.54, 1.807) is 41.7 Å². The number of rotatable bonds is 4. The molecular formula is C21H23Cl2N5O2. The molecule has 2 aliphatic heterocycles. The first-order valence-corrected chi connectivity index (χ1v) is 10.9. The van der Waals surface area contributed by atoms with Crippen LogP contribution in [-0.2, 0) is 9.59 Å². The van der Waals surface area contributed by atoms with Gasteiger partial charge in [0.2, 0.25) is 11.8 Å². The number of halogens is 2. The van der Waals surface area contributed by atoms with E-state index in [-0.39, 0.29) is 17.7 Å². The highest BCUT2D eigenvalue weighted by Gasteiger charge is 2.38. The normalized spacial score (nSPS) is 19.7. The Morgan fingerprint density at radius 3 is 2.40 bits per heavy atom. The van der Waals surface area contributed by atoms with E-state index >= 15 is 0 Å². The summed E-state index contributed by atoms with van der Waals surface area (Å²) in [7, 11) is 0. The van der Waals surface area contributed by atoms with Gasteiger partial charge in [0, 0.05) is 53.7 Å². The SMILES string of the molecule is O=C(Nc1cc(Cl)cc(Cl)c1)C1CCCN1C(=O)C1CCN(c2cnccn2)CC1. The van der Waals surface area contributed by atoms with Crippen LogP contribution in [0.2, 0.25) is 10.0 Å². The Hall–Kier alpha value is -2.38. The lowest BCUT2D eigenvalue weighted by Gasteiger charge is -2.35. The zero-order chi connectivity index (χ0) is 21.1. The fourth-order valence-corrected chi connectivity index (χ4v) is 4.73. The lowest BCUT2D eigenvalue weighted by atomic mass is 9.95. The number of piperidine rings is 1. The molecule has 3 heterocycles. The number of carbonyl (C=O) groups is 2. The molecule has 158 valence electrons. The Labute approximate surface area is 185 Å². The number of carbonyl (C=O) groups excluding carboxylic acids is 2. The third-order valence-corrected chi connectivity index (χ3v) is 6.12. The third-order valence-electron chi connectivity index (χ3n) is 5.69. The minimum Gasteiger partial charge on any atom is -0.355 e. The van der Waals surface area contributed by atoms with Crippen molar-refractivity contribution in [2.24, 2.45) is 5.92 Å². The topological polar surface area (TPSA) is 78.4 Å². The summed E-state index contributed by atoms with van der Waals surface area (Å²) in [6.45, 7) is 2.11. The lowest BCUT2D eigenvalue weighted by molar-refractivity contribution is -0.140. The molecule has 2 saturated heterocycles. The summed E-state index contributed by atoms with van der Waals surface area (Å²) in [5, 5.41) is 3.76.